The number of hydrogen-bond acceptors (Lipinski definition) is 8. The number of nitrogens with one attached hydrogen (secondary N) is 1. The maximum Gasteiger partial charge on any atom is 0.337 e. The fourth-order valence-electron chi connectivity index (χ4n) is 5.36. The van der Waals surface area contributed by atoms with Crippen LogP contribution in [0.4, 0.5) is 10.2 Å². The number of rotatable bonds is 3. The SMILES string of the molecule is Cc1nc2cc3nn2c(c1[C@H](OC(C)(C)C)C(=O)O)N1CCC(C)(CC1)OC/C=C\COc1cc(F)ccc1CNC3=O. The Labute approximate surface area is 249 Å². The zero-order chi connectivity index (χ0) is 30.9. The molecule has 12 heteroatoms. The Morgan fingerprint density at radius 2 is 1.91 bits per heavy atom. The first-order valence-corrected chi connectivity index (χ1v) is 14.4. The van der Waals surface area contributed by atoms with Gasteiger partial charge in [-0.2, -0.15) is 9.61 Å². The topological polar surface area (TPSA) is 128 Å². The van der Waals surface area contributed by atoms with Crippen LogP contribution in [-0.4, -0.2) is 69.1 Å². The van der Waals surface area contributed by atoms with Crippen LogP contribution in [0.5, 0.6) is 5.75 Å². The van der Waals surface area contributed by atoms with E-state index in [1.165, 1.54) is 16.6 Å². The van der Waals surface area contributed by atoms with Crippen LogP contribution in [-0.2, 0) is 20.8 Å². The molecule has 43 heavy (non-hydrogen) atoms. The number of carbonyl (C=O) groups is 2. The van der Waals surface area contributed by atoms with Crippen molar-refractivity contribution in [2.45, 2.75) is 71.3 Å². The van der Waals surface area contributed by atoms with Crippen LogP contribution < -0.4 is 15.0 Å². The van der Waals surface area contributed by atoms with Gasteiger partial charge < -0.3 is 29.5 Å². The highest BCUT2D eigenvalue weighted by atomic mass is 19.1. The first-order chi connectivity index (χ1) is 20.3. The van der Waals surface area contributed by atoms with Gasteiger partial charge >= 0.3 is 5.97 Å². The molecule has 3 aliphatic rings. The molecule has 11 nitrogen and oxygen atoms in total. The average molecular weight is 596 g/mol. The van der Waals surface area contributed by atoms with Gasteiger partial charge in [-0.3, -0.25) is 4.79 Å². The molecule has 1 aromatic carbocycles. The summed E-state index contributed by atoms with van der Waals surface area (Å²) in [4.78, 5) is 32.7. The molecule has 1 fully saturated rings. The standard InChI is InChI=1S/C31H38FN5O6/c1-19-25(26(29(39)40)43-30(2,3)4)28-36-12-10-31(5,11-13-36)42-15-7-6-14-41-23-16-21(32)9-8-20(23)18-33-27(38)22-17-24(34-19)37(28)35-22/h6-9,16-17,26H,10-15,18H2,1-5H3,(H,33,38)(H,39,40)/b7-6-/t26-/m0/s1. The lowest BCUT2D eigenvalue weighted by molar-refractivity contribution is -0.160. The minimum atomic E-state index is -1.32. The predicted molar refractivity (Wildman–Crippen MR) is 157 cm³/mol. The molecular weight excluding hydrogens is 557 g/mol. The largest absolute Gasteiger partial charge is 0.489 e. The zero-order valence-electron chi connectivity index (χ0n) is 25.1. The number of carboxylic acids is 1. The summed E-state index contributed by atoms with van der Waals surface area (Å²) in [5.74, 6) is -1.23. The smallest absolute Gasteiger partial charge is 0.337 e. The molecule has 0 spiro atoms. The van der Waals surface area contributed by atoms with Gasteiger partial charge in [-0.1, -0.05) is 12.1 Å². The number of fused-ring (bicyclic) bond motifs is 8. The summed E-state index contributed by atoms with van der Waals surface area (Å²) in [6.07, 6.45) is 3.70. The highest BCUT2D eigenvalue weighted by Crippen LogP contribution is 2.37. The molecule has 1 atom stereocenters. The maximum atomic E-state index is 14.0. The minimum absolute atomic E-state index is 0.0741. The van der Waals surface area contributed by atoms with Crippen LogP contribution in [0.25, 0.3) is 5.65 Å². The molecule has 3 aromatic rings. The first-order valence-electron chi connectivity index (χ1n) is 14.4. The number of aryl methyl sites for hydroxylation is 1. The van der Waals surface area contributed by atoms with Gasteiger partial charge in [-0.15, -0.1) is 0 Å². The van der Waals surface area contributed by atoms with Crippen molar-refractivity contribution >= 4 is 23.3 Å². The Bertz CT molecular complexity index is 1550. The molecule has 0 aliphatic carbocycles. The summed E-state index contributed by atoms with van der Waals surface area (Å²) in [6.45, 7) is 11.0. The highest BCUT2D eigenvalue weighted by molar-refractivity contribution is 5.93. The highest BCUT2D eigenvalue weighted by Gasteiger charge is 2.38. The second kappa shape index (κ2) is 11.9. The van der Waals surface area contributed by atoms with Crippen LogP contribution >= 0.6 is 0 Å². The zero-order valence-corrected chi connectivity index (χ0v) is 25.1. The molecule has 0 unspecified atom stereocenters. The predicted octanol–water partition coefficient (Wildman–Crippen LogP) is 4.37. The van der Waals surface area contributed by atoms with E-state index in [1.54, 1.807) is 39.8 Å². The second-order valence-electron chi connectivity index (χ2n) is 12.1. The number of halogens is 1. The van der Waals surface area contributed by atoms with Gasteiger partial charge in [0.25, 0.3) is 5.91 Å². The molecule has 2 aromatic heterocycles. The third-order valence-electron chi connectivity index (χ3n) is 7.61. The van der Waals surface area contributed by atoms with Crippen LogP contribution in [0.1, 0.15) is 73.9 Å². The number of benzene rings is 1. The maximum absolute atomic E-state index is 14.0. The Balaban J connectivity index is 1.62. The number of piperidine rings is 1. The van der Waals surface area contributed by atoms with Crippen molar-refractivity contribution < 1.29 is 33.3 Å². The second-order valence-corrected chi connectivity index (χ2v) is 12.1. The fourth-order valence-corrected chi connectivity index (χ4v) is 5.36. The quantitative estimate of drug-likeness (QED) is 0.424. The minimum Gasteiger partial charge on any atom is -0.489 e. The number of anilines is 1. The van der Waals surface area contributed by atoms with Crippen molar-refractivity contribution in [2.24, 2.45) is 0 Å². The fraction of sp³-hybridized carbons (Fsp3) is 0.484. The van der Waals surface area contributed by atoms with Crippen LogP contribution in [0, 0.1) is 12.7 Å². The van der Waals surface area contributed by atoms with Crippen LogP contribution in [0.15, 0.2) is 36.4 Å². The third-order valence-corrected chi connectivity index (χ3v) is 7.61. The van der Waals surface area contributed by atoms with Crippen LogP contribution in [0.2, 0.25) is 0 Å². The molecule has 5 heterocycles. The van der Waals surface area contributed by atoms with Gasteiger partial charge in [0.15, 0.2) is 17.4 Å². The Kier molecular flexibility index (Phi) is 8.44. The number of ether oxygens (including phenoxy) is 3. The van der Waals surface area contributed by atoms with E-state index in [9.17, 15) is 19.1 Å². The van der Waals surface area contributed by atoms with E-state index in [0.29, 0.717) is 66.6 Å². The monoisotopic (exact) mass is 595 g/mol. The summed E-state index contributed by atoms with van der Waals surface area (Å²) in [5.41, 5.74) is 0.780. The van der Waals surface area contributed by atoms with Gasteiger partial charge in [0, 0.05) is 43.0 Å². The molecule has 1 amide bonds. The van der Waals surface area contributed by atoms with Crippen molar-refractivity contribution in [1.82, 2.24) is 19.9 Å². The Hall–Kier alpha value is -4.03. The van der Waals surface area contributed by atoms with Gasteiger partial charge in [0.05, 0.1) is 23.4 Å². The Morgan fingerprint density at radius 1 is 1.19 bits per heavy atom. The summed E-state index contributed by atoms with van der Waals surface area (Å²) in [7, 11) is 0. The van der Waals surface area contributed by atoms with Crippen molar-refractivity contribution in [1.29, 1.82) is 0 Å². The number of carbonyl (C=O) groups excluding carboxylic acids is 1. The van der Waals surface area contributed by atoms with Gasteiger partial charge in [0.2, 0.25) is 0 Å². The lowest BCUT2D eigenvalue weighted by Gasteiger charge is -2.41. The number of nitrogens with zero attached hydrogens (tertiary/aromatic N) is 4. The molecule has 0 saturated carbocycles. The third kappa shape index (κ3) is 6.80. The summed E-state index contributed by atoms with van der Waals surface area (Å²) < 4.78 is 33.7. The normalized spacial score (nSPS) is 19.1. The Morgan fingerprint density at radius 3 is 2.60 bits per heavy atom. The van der Waals surface area contributed by atoms with E-state index in [-0.39, 0.29) is 18.8 Å². The van der Waals surface area contributed by atoms with Crippen molar-refractivity contribution in [3.05, 3.63) is 64.7 Å². The van der Waals surface area contributed by atoms with Gasteiger partial charge in [-0.25, -0.2) is 14.2 Å². The molecule has 0 radical (unpaired) electrons. The van der Waals surface area contributed by atoms with Crippen molar-refractivity contribution in [2.75, 3.05) is 31.2 Å². The molecule has 3 aliphatic heterocycles. The van der Waals surface area contributed by atoms with Crippen molar-refractivity contribution in [3.63, 3.8) is 0 Å². The molecule has 1 saturated heterocycles. The van der Waals surface area contributed by atoms with E-state index >= 15 is 0 Å². The summed E-state index contributed by atoms with van der Waals surface area (Å²) in [6, 6.07) is 5.72. The molecule has 230 valence electrons. The van der Waals surface area contributed by atoms with E-state index in [0.717, 1.165) is 0 Å². The first kappa shape index (κ1) is 30.4. The lowest BCUT2D eigenvalue weighted by atomic mass is 9.92. The van der Waals surface area contributed by atoms with E-state index in [4.69, 9.17) is 14.2 Å². The van der Waals surface area contributed by atoms with Gasteiger partial charge in [0.1, 0.15) is 24.0 Å². The number of aromatic nitrogens is 3. The van der Waals surface area contributed by atoms with Crippen LogP contribution in [0.3, 0.4) is 0 Å². The van der Waals surface area contributed by atoms with E-state index in [2.05, 4.69) is 27.2 Å². The summed E-state index contributed by atoms with van der Waals surface area (Å²) in [5, 5.41) is 17.8. The van der Waals surface area contributed by atoms with E-state index < -0.39 is 35.0 Å². The molecule has 4 bridgehead atoms. The average Bonchev–Trinajstić information content (AvgIpc) is 3.35. The number of hydrogen-bond donors (Lipinski definition) is 2. The van der Waals surface area contributed by atoms with Crippen molar-refractivity contribution in [3.8, 4) is 5.75 Å². The molecule has 6 rings (SSSR count). The number of carboxylic acid groups (broad SMARTS) is 1. The van der Waals surface area contributed by atoms with E-state index in [1.807, 2.05) is 12.2 Å². The summed E-state index contributed by atoms with van der Waals surface area (Å²) >= 11 is 0. The molecular formula is C31H38FN5O6. The van der Waals surface area contributed by atoms with Gasteiger partial charge in [-0.05, 0) is 59.6 Å². The molecule has 2 N–H and O–H groups in total. The number of amides is 1. The lowest BCUT2D eigenvalue weighted by Crippen LogP contribution is -2.45. The number of aliphatic carboxylic acids is 1.